The zero-order valence-corrected chi connectivity index (χ0v) is 8.92. The third-order valence-corrected chi connectivity index (χ3v) is 2.57. The molecule has 0 saturated carbocycles. The van der Waals surface area contributed by atoms with Gasteiger partial charge in [0.1, 0.15) is 0 Å². The van der Waals surface area contributed by atoms with Crippen molar-refractivity contribution in [3.05, 3.63) is 59.0 Å². The first-order valence-electron chi connectivity index (χ1n) is 5.24. The molecule has 2 aromatic heterocycles. The van der Waals surface area contributed by atoms with E-state index in [2.05, 4.69) is 15.2 Å². The number of hydrogen-bond acceptors (Lipinski definition) is 3. The Bertz CT molecular complexity index is 713. The Morgan fingerprint density at radius 3 is 2.76 bits per heavy atom. The van der Waals surface area contributed by atoms with Crippen LogP contribution in [0.1, 0.15) is 0 Å². The Balaban J connectivity index is 2.17. The summed E-state index contributed by atoms with van der Waals surface area (Å²) in [6.07, 6.45) is 1.75. The highest BCUT2D eigenvalue weighted by atomic mass is 16.1. The molecular formula is C13H9N3O. The van der Waals surface area contributed by atoms with Crippen LogP contribution in [0.15, 0.2) is 53.5 Å². The van der Waals surface area contributed by atoms with Crippen molar-refractivity contribution in [2.24, 2.45) is 0 Å². The molecule has 0 aliphatic heterocycles. The summed E-state index contributed by atoms with van der Waals surface area (Å²) in [4.78, 5) is 15.3. The fraction of sp³-hybridized carbons (Fsp3) is 0. The Morgan fingerprint density at radius 1 is 1.06 bits per heavy atom. The molecule has 0 radical (unpaired) electrons. The maximum Gasteiger partial charge on any atom is 0.264 e. The second-order valence-electron chi connectivity index (χ2n) is 3.72. The normalized spacial score (nSPS) is 10.6. The molecule has 4 heteroatoms. The van der Waals surface area contributed by atoms with Crippen LogP contribution >= 0.6 is 0 Å². The third-order valence-electron chi connectivity index (χ3n) is 2.57. The van der Waals surface area contributed by atoms with Crippen molar-refractivity contribution in [1.29, 1.82) is 0 Å². The standard InChI is InChI=1S/C13H9N3O/c17-13-6-5-12(15-16-13)10-7-9-3-1-2-4-11(9)14-8-10/h1-8H,(H,16,17). The molecule has 17 heavy (non-hydrogen) atoms. The van der Waals surface area contributed by atoms with Crippen LogP contribution in [0, 0.1) is 0 Å². The van der Waals surface area contributed by atoms with Crippen LogP contribution < -0.4 is 5.56 Å². The topological polar surface area (TPSA) is 58.6 Å². The zero-order chi connectivity index (χ0) is 11.7. The van der Waals surface area contributed by atoms with Crippen molar-refractivity contribution in [3.8, 4) is 11.3 Å². The molecular weight excluding hydrogens is 214 g/mol. The molecule has 0 aliphatic carbocycles. The Hall–Kier alpha value is -2.49. The number of hydrogen-bond donors (Lipinski definition) is 1. The highest BCUT2D eigenvalue weighted by Crippen LogP contribution is 2.19. The van der Waals surface area contributed by atoms with E-state index in [1.807, 2.05) is 30.3 Å². The summed E-state index contributed by atoms with van der Waals surface area (Å²) in [6, 6.07) is 13.0. The van der Waals surface area contributed by atoms with E-state index in [0.29, 0.717) is 5.69 Å². The van der Waals surface area contributed by atoms with Crippen LogP contribution in [0.5, 0.6) is 0 Å². The fourth-order valence-corrected chi connectivity index (χ4v) is 1.72. The minimum atomic E-state index is -0.206. The maximum absolute atomic E-state index is 10.9. The monoisotopic (exact) mass is 223 g/mol. The van der Waals surface area contributed by atoms with Crippen LogP contribution in [0.4, 0.5) is 0 Å². The average molecular weight is 223 g/mol. The quantitative estimate of drug-likeness (QED) is 0.686. The first kappa shape index (κ1) is 9.72. The van der Waals surface area contributed by atoms with Crippen LogP contribution in [0.25, 0.3) is 22.2 Å². The third kappa shape index (κ3) is 1.80. The molecule has 0 saturated heterocycles. The van der Waals surface area contributed by atoms with E-state index in [4.69, 9.17) is 0 Å². The van der Waals surface area contributed by atoms with E-state index in [-0.39, 0.29) is 5.56 Å². The second kappa shape index (κ2) is 3.83. The minimum Gasteiger partial charge on any atom is -0.268 e. The predicted octanol–water partition coefficient (Wildman–Crippen LogP) is 1.99. The molecule has 1 N–H and O–H groups in total. The van der Waals surface area contributed by atoms with Crippen LogP contribution in [0.2, 0.25) is 0 Å². The van der Waals surface area contributed by atoms with Crippen molar-refractivity contribution < 1.29 is 0 Å². The van der Waals surface area contributed by atoms with Gasteiger partial charge in [0.15, 0.2) is 0 Å². The van der Waals surface area contributed by atoms with Crippen molar-refractivity contribution in [2.45, 2.75) is 0 Å². The lowest BCUT2D eigenvalue weighted by Crippen LogP contribution is -2.05. The van der Waals surface area contributed by atoms with E-state index in [0.717, 1.165) is 16.5 Å². The summed E-state index contributed by atoms with van der Waals surface area (Å²) in [5.74, 6) is 0. The Kier molecular flexibility index (Phi) is 2.19. The van der Waals surface area contributed by atoms with Gasteiger partial charge in [0.25, 0.3) is 5.56 Å². The summed E-state index contributed by atoms with van der Waals surface area (Å²) in [7, 11) is 0. The molecule has 0 fully saturated rings. The number of nitrogens with zero attached hydrogens (tertiary/aromatic N) is 2. The summed E-state index contributed by atoms with van der Waals surface area (Å²) >= 11 is 0. The lowest BCUT2D eigenvalue weighted by molar-refractivity contribution is 0.994. The molecule has 3 rings (SSSR count). The maximum atomic E-state index is 10.9. The summed E-state index contributed by atoms with van der Waals surface area (Å²) < 4.78 is 0. The summed E-state index contributed by atoms with van der Waals surface area (Å²) in [5, 5.41) is 7.44. The number of benzene rings is 1. The zero-order valence-electron chi connectivity index (χ0n) is 8.92. The van der Waals surface area contributed by atoms with Gasteiger partial charge in [-0.2, -0.15) is 5.10 Å². The van der Waals surface area contributed by atoms with Gasteiger partial charge < -0.3 is 0 Å². The molecule has 82 valence electrons. The predicted molar refractivity (Wildman–Crippen MR) is 65.6 cm³/mol. The van der Waals surface area contributed by atoms with E-state index < -0.39 is 0 Å². The number of nitrogens with one attached hydrogen (secondary N) is 1. The van der Waals surface area contributed by atoms with Gasteiger partial charge in [-0.25, -0.2) is 5.10 Å². The number of pyridine rings is 1. The van der Waals surface area contributed by atoms with E-state index in [9.17, 15) is 4.79 Å². The SMILES string of the molecule is O=c1ccc(-c2cnc3ccccc3c2)n[nH]1. The highest BCUT2D eigenvalue weighted by Gasteiger charge is 2.01. The molecule has 0 bridgehead atoms. The van der Waals surface area contributed by atoms with Crippen molar-refractivity contribution in [1.82, 2.24) is 15.2 Å². The second-order valence-corrected chi connectivity index (χ2v) is 3.72. The molecule has 4 nitrogen and oxygen atoms in total. The molecule has 0 atom stereocenters. The fourth-order valence-electron chi connectivity index (χ4n) is 1.72. The van der Waals surface area contributed by atoms with Gasteiger partial charge in [0.2, 0.25) is 0 Å². The number of rotatable bonds is 1. The van der Waals surface area contributed by atoms with Crippen molar-refractivity contribution in [3.63, 3.8) is 0 Å². The van der Waals surface area contributed by atoms with Gasteiger partial charge in [-0.1, -0.05) is 18.2 Å². The number of para-hydroxylation sites is 1. The molecule has 0 unspecified atom stereocenters. The minimum absolute atomic E-state index is 0.206. The molecule has 2 heterocycles. The summed E-state index contributed by atoms with van der Waals surface area (Å²) in [6.45, 7) is 0. The molecule has 0 spiro atoms. The molecule has 1 aromatic carbocycles. The number of aromatic nitrogens is 3. The van der Waals surface area contributed by atoms with Gasteiger partial charge in [0, 0.05) is 23.2 Å². The smallest absolute Gasteiger partial charge is 0.264 e. The van der Waals surface area contributed by atoms with Crippen molar-refractivity contribution >= 4 is 10.9 Å². The van der Waals surface area contributed by atoms with Crippen LogP contribution in [-0.4, -0.2) is 15.2 Å². The number of H-pyrrole nitrogens is 1. The largest absolute Gasteiger partial charge is 0.268 e. The van der Waals surface area contributed by atoms with Crippen LogP contribution in [0.3, 0.4) is 0 Å². The first-order valence-corrected chi connectivity index (χ1v) is 5.24. The van der Waals surface area contributed by atoms with E-state index in [1.165, 1.54) is 6.07 Å². The Labute approximate surface area is 97.0 Å². The van der Waals surface area contributed by atoms with Gasteiger partial charge in [-0.15, -0.1) is 0 Å². The summed E-state index contributed by atoms with van der Waals surface area (Å²) in [5.41, 5.74) is 2.34. The van der Waals surface area contributed by atoms with Gasteiger partial charge in [0.05, 0.1) is 11.2 Å². The Morgan fingerprint density at radius 2 is 1.94 bits per heavy atom. The molecule has 3 aromatic rings. The number of fused-ring (bicyclic) bond motifs is 1. The van der Waals surface area contributed by atoms with Gasteiger partial charge >= 0.3 is 0 Å². The lowest BCUT2D eigenvalue weighted by Gasteiger charge is -2.01. The highest BCUT2D eigenvalue weighted by molar-refractivity contribution is 5.82. The van der Waals surface area contributed by atoms with E-state index >= 15 is 0 Å². The molecule has 0 amide bonds. The van der Waals surface area contributed by atoms with Gasteiger partial charge in [-0.05, 0) is 18.2 Å². The average Bonchev–Trinajstić information content (AvgIpc) is 2.39. The van der Waals surface area contributed by atoms with Crippen LogP contribution in [-0.2, 0) is 0 Å². The first-order chi connectivity index (χ1) is 8.33. The number of aromatic amines is 1. The lowest BCUT2D eigenvalue weighted by atomic mass is 10.1. The molecule has 0 aliphatic rings. The van der Waals surface area contributed by atoms with E-state index in [1.54, 1.807) is 12.3 Å². The van der Waals surface area contributed by atoms with Gasteiger partial charge in [-0.3, -0.25) is 9.78 Å². The van der Waals surface area contributed by atoms with Crippen molar-refractivity contribution in [2.75, 3.05) is 0 Å².